The topological polar surface area (TPSA) is 64.4 Å². The number of nitrogens with zero attached hydrogens (tertiary/aromatic N) is 3. The van der Waals surface area contributed by atoms with Gasteiger partial charge in [0.15, 0.2) is 5.92 Å². The number of ether oxygens (including phenoxy) is 1. The van der Waals surface area contributed by atoms with Crippen LogP contribution in [0.15, 0.2) is 48.5 Å². The van der Waals surface area contributed by atoms with Gasteiger partial charge >= 0.3 is 5.97 Å². The smallest absolute Gasteiger partial charge is 0.321 e. The zero-order valence-electron chi connectivity index (χ0n) is 17.8. The Kier molecular flexibility index (Phi) is 6.28. The fourth-order valence-corrected chi connectivity index (χ4v) is 4.47. The molecule has 3 aromatic rings. The van der Waals surface area contributed by atoms with Gasteiger partial charge in [-0.2, -0.15) is 0 Å². The largest absolute Gasteiger partial charge is 0.465 e. The second kappa shape index (κ2) is 9.10. The summed E-state index contributed by atoms with van der Waals surface area (Å²) in [5.41, 5.74) is 2.42. The fraction of sp³-hybridized carbons (Fsp3) is 0.375. The molecule has 4 rings (SSSR count). The van der Waals surface area contributed by atoms with Gasteiger partial charge in [0.25, 0.3) is 0 Å². The van der Waals surface area contributed by atoms with Crippen molar-refractivity contribution in [3.8, 4) is 0 Å². The van der Waals surface area contributed by atoms with E-state index in [1.807, 2.05) is 41.0 Å². The molecule has 1 aromatic heterocycles. The zero-order valence-corrected chi connectivity index (χ0v) is 18.5. The highest BCUT2D eigenvalue weighted by Gasteiger charge is 2.47. The summed E-state index contributed by atoms with van der Waals surface area (Å²) in [5.74, 6) is -1.25. The highest BCUT2D eigenvalue weighted by Crippen LogP contribution is 2.41. The van der Waals surface area contributed by atoms with Gasteiger partial charge in [-0.1, -0.05) is 55.6 Å². The van der Waals surface area contributed by atoms with Gasteiger partial charge < -0.3 is 9.30 Å². The quantitative estimate of drug-likeness (QED) is 0.295. The van der Waals surface area contributed by atoms with Gasteiger partial charge in [0.1, 0.15) is 0 Å². The minimum Gasteiger partial charge on any atom is -0.465 e. The molecular weight excluding hydrogens is 414 g/mol. The number of aromatic nitrogens is 2. The van der Waals surface area contributed by atoms with Crippen molar-refractivity contribution >= 4 is 40.5 Å². The van der Waals surface area contributed by atoms with Crippen molar-refractivity contribution in [2.24, 2.45) is 5.92 Å². The van der Waals surface area contributed by atoms with Gasteiger partial charge in [0.2, 0.25) is 11.9 Å². The number of fused-ring (bicyclic) bond motifs is 3. The SMILES string of the molecule is CCCCCN1C(=O)C(C(=O)OCC)C(c2cccc(Cl)c2)n2c1nc1ccccc12. The summed E-state index contributed by atoms with van der Waals surface area (Å²) in [6, 6.07) is 14.4. The maximum absolute atomic E-state index is 13.7. The molecule has 2 unspecified atom stereocenters. The van der Waals surface area contributed by atoms with Crippen LogP contribution in [0.4, 0.5) is 5.95 Å². The molecule has 0 bridgehead atoms. The van der Waals surface area contributed by atoms with E-state index in [4.69, 9.17) is 21.3 Å². The summed E-state index contributed by atoms with van der Waals surface area (Å²) < 4.78 is 7.35. The summed E-state index contributed by atoms with van der Waals surface area (Å²) in [7, 11) is 0. The summed E-state index contributed by atoms with van der Waals surface area (Å²) in [6.07, 6.45) is 2.86. The van der Waals surface area contributed by atoms with E-state index in [0.29, 0.717) is 17.5 Å². The number of anilines is 1. The van der Waals surface area contributed by atoms with Crippen molar-refractivity contribution < 1.29 is 14.3 Å². The molecule has 1 aliphatic rings. The maximum Gasteiger partial charge on any atom is 0.321 e. The first-order chi connectivity index (χ1) is 15.1. The molecular formula is C24H26ClN3O3. The number of para-hydroxylation sites is 2. The Labute approximate surface area is 186 Å². The van der Waals surface area contributed by atoms with Gasteiger partial charge in [-0.3, -0.25) is 14.5 Å². The molecule has 2 aromatic carbocycles. The summed E-state index contributed by atoms with van der Waals surface area (Å²) in [5, 5.41) is 0.545. The molecule has 2 heterocycles. The van der Waals surface area contributed by atoms with Crippen molar-refractivity contribution in [3.05, 3.63) is 59.1 Å². The third-order valence-corrected chi connectivity index (χ3v) is 5.90. The first-order valence-electron chi connectivity index (χ1n) is 10.8. The predicted octanol–water partition coefficient (Wildman–Crippen LogP) is 5.00. The van der Waals surface area contributed by atoms with Gasteiger partial charge in [0.05, 0.1) is 23.7 Å². The lowest BCUT2D eigenvalue weighted by Crippen LogP contribution is -2.50. The van der Waals surface area contributed by atoms with Gasteiger partial charge in [-0.15, -0.1) is 0 Å². The minimum absolute atomic E-state index is 0.207. The average molecular weight is 440 g/mol. The molecule has 7 heteroatoms. The van der Waals surface area contributed by atoms with Crippen LogP contribution >= 0.6 is 11.6 Å². The number of unbranched alkanes of at least 4 members (excludes halogenated alkanes) is 2. The van der Waals surface area contributed by atoms with E-state index < -0.39 is 17.9 Å². The van der Waals surface area contributed by atoms with E-state index >= 15 is 0 Å². The van der Waals surface area contributed by atoms with E-state index in [2.05, 4.69) is 6.92 Å². The van der Waals surface area contributed by atoms with Crippen LogP contribution < -0.4 is 4.90 Å². The number of halogens is 1. The molecule has 1 amide bonds. The lowest BCUT2D eigenvalue weighted by atomic mass is 9.89. The molecule has 2 atom stereocenters. The van der Waals surface area contributed by atoms with Crippen LogP contribution in [0.3, 0.4) is 0 Å². The molecule has 31 heavy (non-hydrogen) atoms. The fourth-order valence-electron chi connectivity index (χ4n) is 4.27. The first kappa shape index (κ1) is 21.4. The molecule has 0 spiro atoms. The van der Waals surface area contributed by atoms with E-state index in [9.17, 15) is 9.59 Å². The molecule has 0 saturated heterocycles. The summed E-state index contributed by atoms with van der Waals surface area (Å²) in [4.78, 5) is 33.2. The Morgan fingerprint density at radius 3 is 2.68 bits per heavy atom. The van der Waals surface area contributed by atoms with Gasteiger partial charge in [0, 0.05) is 11.6 Å². The van der Waals surface area contributed by atoms with E-state index in [-0.39, 0.29) is 12.5 Å². The molecule has 0 fully saturated rings. The van der Waals surface area contributed by atoms with Crippen molar-refractivity contribution in [1.29, 1.82) is 0 Å². The second-order valence-corrected chi connectivity index (χ2v) is 8.13. The van der Waals surface area contributed by atoms with Crippen LogP contribution in [0.2, 0.25) is 5.02 Å². The molecule has 1 aliphatic heterocycles. The molecule has 0 radical (unpaired) electrons. The van der Waals surface area contributed by atoms with Crippen LogP contribution in [0.1, 0.15) is 44.7 Å². The van der Waals surface area contributed by atoms with E-state index in [1.54, 1.807) is 24.0 Å². The zero-order chi connectivity index (χ0) is 22.0. The number of amides is 1. The van der Waals surface area contributed by atoms with Crippen molar-refractivity contribution in [2.45, 2.75) is 39.2 Å². The number of hydrogen-bond donors (Lipinski definition) is 0. The lowest BCUT2D eigenvalue weighted by molar-refractivity contribution is -0.153. The molecule has 0 saturated carbocycles. The highest BCUT2D eigenvalue weighted by molar-refractivity contribution is 6.30. The van der Waals surface area contributed by atoms with Gasteiger partial charge in [-0.05, 0) is 43.2 Å². The summed E-state index contributed by atoms with van der Waals surface area (Å²) in [6.45, 7) is 4.58. The number of imidazole rings is 1. The van der Waals surface area contributed by atoms with Crippen LogP contribution in [-0.2, 0) is 14.3 Å². The average Bonchev–Trinajstić information content (AvgIpc) is 3.14. The number of rotatable bonds is 7. The highest BCUT2D eigenvalue weighted by atomic mass is 35.5. The minimum atomic E-state index is -1.01. The number of esters is 1. The van der Waals surface area contributed by atoms with Crippen LogP contribution in [-0.4, -0.2) is 34.6 Å². The Bertz CT molecular complexity index is 1110. The lowest BCUT2D eigenvalue weighted by Gasteiger charge is -2.38. The molecule has 162 valence electrons. The second-order valence-electron chi connectivity index (χ2n) is 7.70. The normalized spacial score (nSPS) is 18.3. The van der Waals surface area contributed by atoms with Crippen molar-refractivity contribution in [3.63, 3.8) is 0 Å². The Morgan fingerprint density at radius 2 is 1.94 bits per heavy atom. The van der Waals surface area contributed by atoms with Crippen molar-refractivity contribution in [1.82, 2.24) is 9.55 Å². The van der Waals surface area contributed by atoms with Gasteiger partial charge in [-0.25, -0.2) is 4.98 Å². The standard InChI is InChI=1S/C24H26ClN3O3/c1-3-5-8-14-27-22(29)20(23(30)31-4-2)21(16-10-9-11-17(25)15-16)28-19-13-7-6-12-18(19)26-24(27)28/h6-7,9-13,15,20-21H,3-5,8,14H2,1-2H3. The number of benzene rings is 2. The van der Waals surface area contributed by atoms with Crippen LogP contribution in [0, 0.1) is 5.92 Å². The Morgan fingerprint density at radius 1 is 1.13 bits per heavy atom. The third-order valence-electron chi connectivity index (χ3n) is 5.66. The van der Waals surface area contributed by atoms with E-state index in [0.717, 1.165) is 35.9 Å². The van der Waals surface area contributed by atoms with E-state index in [1.165, 1.54) is 0 Å². The predicted molar refractivity (Wildman–Crippen MR) is 121 cm³/mol. The van der Waals surface area contributed by atoms with Crippen molar-refractivity contribution in [2.75, 3.05) is 18.1 Å². The molecule has 0 aliphatic carbocycles. The Balaban J connectivity index is 1.94. The summed E-state index contributed by atoms with van der Waals surface area (Å²) >= 11 is 6.28. The maximum atomic E-state index is 13.7. The number of carbonyl (C=O) groups excluding carboxylic acids is 2. The number of carbonyl (C=O) groups is 2. The van der Waals surface area contributed by atoms with Crippen LogP contribution in [0.25, 0.3) is 11.0 Å². The number of hydrogen-bond acceptors (Lipinski definition) is 4. The monoisotopic (exact) mass is 439 g/mol. The molecule has 6 nitrogen and oxygen atoms in total. The molecule has 0 N–H and O–H groups in total. The first-order valence-corrected chi connectivity index (χ1v) is 11.1. The van der Waals surface area contributed by atoms with Crippen LogP contribution in [0.5, 0.6) is 0 Å². The third kappa shape index (κ3) is 3.92. The Hall–Kier alpha value is -2.86.